The van der Waals surface area contributed by atoms with Gasteiger partial charge in [-0.1, -0.05) is 32.0 Å². The highest BCUT2D eigenvalue weighted by molar-refractivity contribution is 5.94. The third-order valence-electron chi connectivity index (χ3n) is 6.34. The van der Waals surface area contributed by atoms with Crippen LogP contribution in [-0.2, 0) is 35.2 Å². The summed E-state index contributed by atoms with van der Waals surface area (Å²) in [7, 11) is 0. The van der Waals surface area contributed by atoms with E-state index in [2.05, 4.69) is 20.9 Å². The summed E-state index contributed by atoms with van der Waals surface area (Å²) >= 11 is 0. The molecule has 0 bridgehead atoms. The fourth-order valence-electron chi connectivity index (χ4n) is 4.23. The molecule has 0 radical (unpaired) electrons. The third-order valence-corrected chi connectivity index (χ3v) is 6.34. The Balaban J connectivity index is 2.21. The first-order valence-corrected chi connectivity index (χ1v) is 13.2. The smallest absolute Gasteiger partial charge is 0.326 e. The maximum absolute atomic E-state index is 13.1. The quantitative estimate of drug-likeness (QED) is 0.129. The number of carboxylic acid groups (broad SMARTS) is 3. The van der Waals surface area contributed by atoms with Crippen LogP contribution in [-0.4, -0.2) is 80.1 Å². The molecule has 0 aliphatic heterocycles. The Morgan fingerprint density at radius 2 is 1.32 bits per heavy atom. The maximum atomic E-state index is 13.1. The van der Waals surface area contributed by atoms with Gasteiger partial charge in [-0.25, -0.2) is 4.79 Å². The van der Waals surface area contributed by atoms with Crippen molar-refractivity contribution in [2.45, 2.75) is 76.5 Å². The number of H-pyrrole nitrogens is 1. The number of carbonyl (C=O) groups excluding carboxylic acids is 3. The Labute approximate surface area is 236 Å². The number of aliphatic carboxylic acids is 3. The number of nitrogens with one attached hydrogen (secondary N) is 4. The predicted molar refractivity (Wildman–Crippen MR) is 147 cm³/mol. The van der Waals surface area contributed by atoms with Crippen molar-refractivity contribution >= 4 is 46.5 Å². The zero-order chi connectivity index (χ0) is 30.7. The van der Waals surface area contributed by atoms with Crippen LogP contribution in [0, 0.1) is 5.92 Å². The largest absolute Gasteiger partial charge is 0.481 e. The summed E-state index contributed by atoms with van der Waals surface area (Å²) in [6.45, 7) is 3.69. The number of amides is 3. The minimum atomic E-state index is -1.49. The molecule has 0 saturated heterocycles. The summed E-state index contributed by atoms with van der Waals surface area (Å²) in [4.78, 5) is 76.2. The van der Waals surface area contributed by atoms with Gasteiger partial charge in [0.1, 0.15) is 18.1 Å². The van der Waals surface area contributed by atoms with Crippen LogP contribution in [0.15, 0.2) is 30.5 Å². The standard InChI is InChI=1S/C27H37N5O9/c1-14(2)11-17(28)24(37)30-19(7-9-22(33)34)25(38)31-20(8-10-23(35)36)26(39)32-21(27(40)41)12-15-13-29-18-6-4-3-5-16(15)18/h3-6,13-14,17,19-21,29H,7-12,28H2,1-2H3,(H,30,37)(H,31,38)(H,32,39)(H,33,34)(H,35,36)(H,40,41). The van der Waals surface area contributed by atoms with Gasteiger partial charge in [-0.05, 0) is 36.8 Å². The Morgan fingerprint density at radius 1 is 0.805 bits per heavy atom. The molecule has 3 amide bonds. The lowest BCUT2D eigenvalue weighted by molar-refractivity contribution is -0.143. The number of aromatic amines is 1. The third kappa shape index (κ3) is 10.6. The monoisotopic (exact) mass is 575 g/mol. The molecule has 1 aromatic heterocycles. The molecule has 41 heavy (non-hydrogen) atoms. The summed E-state index contributed by atoms with van der Waals surface area (Å²) in [6.07, 6.45) is 0.0762. The molecule has 0 spiro atoms. The number of fused-ring (bicyclic) bond motifs is 1. The fourth-order valence-corrected chi connectivity index (χ4v) is 4.23. The van der Waals surface area contributed by atoms with Gasteiger partial charge in [0.2, 0.25) is 17.7 Å². The average molecular weight is 576 g/mol. The number of benzene rings is 1. The van der Waals surface area contributed by atoms with E-state index < -0.39 is 79.1 Å². The normalized spacial score (nSPS) is 14.0. The molecule has 4 atom stereocenters. The van der Waals surface area contributed by atoms with Crippen molar-refractivity contribution in [2.75, 3.05) is 0 Å². The van der Waals surface area contributed by atoms with E-state index in [-0.39, 0.29) is 18.8 Å². The van der Waals surface area contributed by atoms with Crippen molar-refractivity contribution in [3.05, 3.63) is 36.0 Å². The number of para-hydroxylation sites is 1. The van der Waals surface area contributed by atoms with Crippen molar-refractivity contribution < 1.29 is 44.1 Å². The fraction of sp³-hybridized carbons (Fsp3) is 0.481. The van der Waals surface area contributed by atoms with E-state index in [1.807, 2.05) is 13.8 Å². The second kappa shape index (κ2) is 15.4. The summed E-state index contributed by atoms with van der Waals surface area (Å²) in [5.74, 6) is -6.36. The Hall–Kier alpha value is -4.46. The van der Waals surface area contributed by atoms with Crippen LogP contribution < -0.4 is 21.7 Å². The van der Waals surface area contributed by atoms with Gasteiger partial charge in [0.15, 0.2) is 0 Å². The van der Waals surface area contributed by atoms with Gasteiger partial charge in [-0.3, -0.25) is 24.0 Å². The number of hydrogen-bond donors (Lipinski definition) is 8. The van der Waals surface area contributed by atoms with Crippen LogP contribution in [0.4, 0.5) is 0 Å². The van der Waals surface area contributed by atoms with Crippen LogP contribution in [0.2, 0.25) is 0 Å². The van der Waals surface area contributed by atoms with Crippen LogP contribution in [0.25, 0.3) is 10.9 Å². The first-order valence-electron chi connectivity index (χ1n) is 13.2. The van der Waals surface area contributed by atoms with Gasteiger partial charge in [0.05, 0.1) is 6.04 Å². The number of nitrogens with two attached hydrogens (primary N) is 1. The van der Waals surface area contributed by atoms with Gasteiger partial charge >= 0.3 is 17.9 Å². The number of carboxylic acids is 3. The van der Waals surface area contributed by atoms with Crippen molar-refractivity contribution in [3.8, 4) is 0 Å². The molecule has 1 heterocycles. The summed E-state index contributed by atoms with van der Waals surface area (Å²) < 4.78 is 0. The highest BCUT2D eigenvalue weighted by Crippen LogP contribution is 2.19. The highest BCUT2D eigenvalue weighted by atomic mass is 16.4. The average Bonchev–Trinajstić information content (AvgIpc) is 3.30. The first-order chi connectivity index (χ1) is 19.3. The molecular formula is C27H37N5O9. The van der Waals surface area contributed by atoms with Crippen molar-refractivity contribution in [3.63, 3.8) is 0 Å². The number of hydrogen-bond acceptors (Lipinski definition) is 7. The van der Waals surface area contributed by atoms with Crippen molar-refractivity contribution in [1.29, 1.82) is 0 Å². The lowest BCUT2D eigenvalue weighted by atomic mass is 10.0. The minimum Gasteiger partial charge on any atom is -0.481 e. The summed E-state index contributed by atoms with van der Waals surface area (Å²) in [5, 5.41) is 35.9. The summed E-state index contributed by atoms with van der Waals surface area (Å²) in [6, 6.07) is 1.91. The van der Waals surface area contributed by atoms with Crippen LogP contribution in [0.3, 0.4) is 0 Å². The maximum Gasteiger partial charge on any atom is 0.326 e. The molecule has 14 nitrogen and oxygen atoms in total. The Bertz CT molecular complexity index is 1260. The van der Waals surface area contributed by atoms with E-state index in [4.69, 9.17) is 15.9 Å². The predicted octanol–water partition coefficient (Wildman–Crippen LogP) is 0.352. The second-order valence-corrected chi connectivity index (χ2v) is 10.2. The molecule has 2 rings (SSSR count). The van der Waals surface area contributed by atoms with Gasteiger partial charge in [0.25, 0.3) is 0 Å². The zero-order valence-electron chi connectivity index (χ0n) is 22.9. The molecule has 9 N–H and O–H groups in total. The SMILES string of the molecule is CC(C)CC(N)C(=O)NC(CCC(=O)O)C(=O)NC(CCC(=O)O)C(=O)NC(Cc1c[nH]c2ccccc12)C(=O)O. The van der Waals surface area contributed by atoms with E-state index in [9.17, 15) is 33.9 Å². The van der Waals surface area contributed by atoms with E-state index in [1.165, 1.54) is 0 Å². The number of rotatable bonds is 17. The molecule has 2 aromatic rings. The van der Waals surface area contributed by atoms with Gasteiger partial charge in [0, 0.05) is 36.4 Å². The Morgan fingerprint density at radius 3 is 1.83 bits per heavy atom. The van der Waals surface area contributed by atoms with Crippen LogP contribution in [0.1, 0.15) is 51.5 Å². The van der Waals surface area contributed by atoms with Crippen LogP contribution in [0.5, 0.6) is 0 Å². The summed E-state index contributed by atoms with van der Waals surface area (Å²) in [5.41, 5.74) is 7.27. The molecular weight excluding hydrogens is 538 g/mol. The van der Waals surface area contributed by atoms with E-state index in [0.717, 1.165) is 10.9 Å². The lowest BCUT2D eigenvalue weighted by Crippen LogP contribution is -2.57. The van der Waals surface area contributed by atoms with Crippen molar-refractivity contribution in [2.24, 2.45) is 11.7 Å². The zero-order valence-corrected chi connectivity index (χ0v) is 22.9. The molecule has 224 valence electrons. The molecule has 14 heteroatoms. The van der Waals surface area contributed by atoms with Crippen molar-refractivity contribution in [1.82, 2.24) is 20.9 Å². The molecule has 4 unspecified atom stereocenters. The molecule has 0 saturated carbocycles. The van der Waals surface area contributed by atoms with Gasteiger partial charge < -0.3 is 42.0 Å². The van der Waals surface area contributed by atoms with Gasteiger partial charge in [-0.15, -0.1) is 0 Å². The van der Waals surface area contributed by atoms with E-state index >= 15 is 0 Å². The number of carbonyl (C=O) groups is 6. The van der Waals surface area contributed by atoms with Crippen LogP contribution >= 0.6 is 0 Å². The first kappa shape index (κ1) is 32.8. The highest BCUT2D eigenvalue weighted by Gasteiger charge is 2.31. The van der Waals surface area contributed by atoms with Gasteiger partial charge in [-0.2, -0.15) is 0 Å². The van der Waals surface area contributed by atoms with E-state index in [1.54, 1.807) is 30.5 Å². The lowest BCUT2D eigenvalue weighted by Gasteiger charge is -2.25. The molecule has 0 fully saturated rings. The minimum absolute atomic E-state index is 0.0672. The molecule has 0 aliphatic rings. The van der Waals surface area contributed by atoms with E-state index in [0.29, 0.717) is 12.0 Å². The number of aromatic nitrogens is 1. The second-order valence-electron chi connectivity index (χ2n) is 10.2. The Kier molecular flexibility index (Phi) is 12.3. The molecule has 1 aromatic carbocycles. The molecule has 0 aliphatic carbocycles. The topological polar surface area (TPSA) is 241 Å².